The fourth-order valence-electron chi connectivity index (χ4n) is 2.22. The van der Waals surface area contributed by atoms with Gasteiger partial charge in [0, 0.05) is 11.8 Å². The maximum absolute atomic E-state index is 13.4. The summed E-state index contributed by atoms with van der Waals surface area (Å²) >= 11 is 0. The molecule has 2 aromatic rings. The van der Waals surface area contributed by atoms with Crippen molar-refractivity contribution in [1.29, 1.82) is 0 Å². The Morgan fingerprint density at radius 2 is 1.96 bits per heavy atom. The zero-order chi connectivity index (χ0) is 18.4. The second-order valence-corrected chi connectivity index (χ2v) is 5.36. The van der Waals surface area contributed by atoms with E-state index in [2.05, 4.69) is 9.72 Å². The van der Waals surface area contributed by atoms with Gasteiger partial charge in [0.15, 0.2) is 0 Å². The molecule has 0 aliphatic rings. The Kier molecular flexibility index (Phi) is 6.01. The van der Waals surface area contributed by atoms with Gasteiger partial charge in [-0.2, -0.15) is 13.2 Å². The first-order valence-corrected chi connectivity index (χ1v) is 7.71. The molecule has 0 radical (unpaired) electrons. The number of nitrogens with zero attached hydrogens (tertiary/aromatic N) is 1. The number of alkyl halides is 3. The summed E-state index contributed by atoms with van der Waals surface area (Å²) in [6.45, 7) is 2.22. The van der Waals surface area contributed by atoms with E-state index in [9.17, 15) is 18.0 Å². The van der Waals surface area contributed by atoms with Gasteiger partial charge in [0.25, 0.3) is 0 Å². The average Bonchev–Trinajstić information content (AvgIpc) is 2.59. The maximum atomic E-state index is 13.4. The number of ether oxygens (including phenoxy) is 2. The van der Waals surface area contributed by atoms with Crippen LogP contribution in [0.3, 0.4) is 0 Å². The monoisotopic (exact) mass is 353 g/mol. The molecule has 2 rings (SSSR count). The van der Waals surface area contributed by atoms with Crippen LogP contribution in [0.25, 0.3) is 11.3 Å². The van der Waals surface area contributed by atoms with Crippen molar-refractivity contribution < 1.29 is 27.4 Å². The van der Waals surface area contributed by atoms with Crippen LogP contribution >= 0.6 is 0 Å². The summed E-state index contributed by atoms with van der Waals surface area (Å²) in [4.78, 5) is 15.3. The lowest BCUT2D eigenvalue weighted by Gasteiger charge is -2.15. The van der Waals surface area contributed by atoms with Crippen LogP contribution in [0.15, 0.2) is 36.5 Å². The van der Waals surface area contributed by atoms with Crippen molar-refractivity contribution in [3.8, 4) is 17.0 Å². The summed E-state index contributed by atoms with van der Waals surface area (Å²) in [6.07, 6.45) is -2.45. The summed E-state index contributed by atoms with van der Waals surface area (Å²) in [5.41, 5.74) is -0.120. The van der Waals surface area contributed by atoms with Crippen LogP contribution in [0.1, 0.15) is 24.5 Å². The summed E-state index contributed by atoms with van der Waals surface area (Å²) in [5, 5.41) is 0. The summed E-state index contributed by atoms with van der Waals surface area (Å²) in [7, 11) is 1.27. The molecule has 0 bridgehead atoms. The molecule has 0 saturated heterocycles. The third-order valence-corrected chi connectivity index (χ3v) is 3.45. The number of pyridine rings is 1. The van der Waals surface area contributed by atoms with E-state index in [1.807, 2.05) is 6.92 Å². The van der Waals surface area contributed by atoms with E-state index in [4.69, 9.17) is 4.74 Å². The van der Waals surface area contributed by atoms with E-state index < -0.39 is 17.7 Å². The number of carbonyl (C=O) groups excluding carboxylic acids is 1. The molecule has 0 unspecified atom stereocenters. The van der Waals surface area contributed by atoms with Crippen molar-refractivity contribution in [2.24, 2.45) is 0 Å². The molecular weight excluding hydrogens is 335 g/mol. The van der Waals surface area contributed by atoms with E-state index in [1.54, 1.807) is 6.07 Å². The number of esters is 1. The molecule has 4 nitrogen and oxygen atoms in total. The maximum Gasteiger partial charge on any atom is 0.417 e. The van der Waals surface area contributed by atoms with Crippen LogP contribution < -0.4 is 4.74 Å². The normalized spacial score (nSPS) is 11.2. The number of methoxy groups -OCH3 is 1. The van der Waals surface area contributed by atoms with E-state index in [1.165, 1.54) is 31.5 Å². The van der Waals surface area contributed by atoms with Crippen molar-refractivity contribution in [2.75, 3.05) is 13.7 Å². The first kappa shape index (κ1) is 18.8. The molecule has 0 atom stereocenters. The SMILES string of the molecule is CCCOc1ccc(-c2ccc(CC(=O)OC)cn2)c(C(F)(F)F)c1. The first-order valence-electron chi connectivity index (χ1n) is 7.71. The highest BCUT2D eigenvalue weighted by atomic mass is 19.4. The van der Waals surface area contributed by atoms with Gasteiger partial charge in [-0.05, 0) is 36.2 Å². The van der Waals surface area contributed by atoms with Crippen molar-refractivity contribution in [3.63, 3.8) is 0 Å². The van der Waals surface area contributed by atoms with Crippen molar-refractivity contribution in [2.45, 2.75) is 25.9 Å². The van der Waals surface area contributed by atoms with Crippen molar-refractivity contribution >= 4 is 5.97 Å². The standard InChI is InChI=1S/C18H18F3NO3/c1-3-8-25-13-5-6-14(15(10-13)18(19,20)21)16-7-4-12(11-22-16)9-17(23)24-2/h4-7,10-11H,3,8-9H2,1-2H3. The van der Waals surface area contributed by atoms with Gasteiger partial charge in [0.1, 0.15) is 5.75 Å². The molecule has 0 aliphatic carbocycles. The van der Waals surface area contributed by atoms with Crippen LogP contribution in [-0.2, 0) is 22.1 Å². The molecule has 1 aromatic carbocycles. The largest absolute Gasteiger partial charge is 0.494 e. The number of hydrogen-bond acceptors (Lipinski definition) is 4. The van der Waals surface area contributed by atoms with Gasteiger partial charge in [-0.15, -0.1) is 0 Å². The lowest BCUT2D eigenvalue weighted by atomic mass is 10.0. The number of rotatable bonds is 6. The van der Waals surface area contributed by atoms with Crippen LogP contribution in [0.2, 0.25) is 0 Å². The molecular formula is C18H18F3NO3. The molecule has 0 amide bonds. The molecule has 0 spiro atoms. The fourth-order valence-corrected chi connectivity index (χ4v) is 2.22. The number of carbonyl (C=O) groups is 1. The van der Waals surface area contributed by atoms with Gasteiger partial charge in [-0.3, -0.25) is 9.78 Å². The predicted octanol–water partition coefficient (Wildman–Crippen LogP) is 4.27. The lowest BCUT2D eigenvalue weighted by molar-refractivity contribution is -0.140. The minimum atomic E-state index is -4.53. The minimum Gasteiger partial charge on any atom is -0.494 e. The highest BCUT2D eigenvalue weighted by molar-refractivity contribution is 5.72. The van der Waals surface area contributed by atoms with E-state index in [0.717, 1.165) is 6.07 Å². The minimum absolute atomic E-state index is 0.0136. The molecule has 25 heavy (non-hydrogen) atoms. The molecule has 7 heteroatoms. The van der Waals surface area contributed by atoms with Gasteiger partial charge < -0.3 is 9.47 Å². The van der Waals surface area contributed by atoms with Crippen LogP contribution in [0.5, 0.6) is 5.75 Å². The Morgan fingerprint density at radius 3 is 2.52 bits per heavy atom. The zero-order valence-electron chi connectivity index (χ0n) is 13.9. The molecule has 134 valence electrons. The Labute approximate surface area is 143 Å². The second kappa shape index (κ2) is 8.00. The van der Waals surface area contributed by atoms with E-state index in [-0.39, 0.29) is 23.4 Å². The van der Waals surface area contributed by atoms with Gasteiger partial charge >= 0.3 is 12.1 Å². The highest BCUT2D eigenvalue weighted by Gasteiger charge is 2.34. The summed E-state index contributed by atoms with van der Waals surface area (Å²) in [6, 6.07) is 6.83. The number of aromatic nitrogens is 1. The fraction of sp³-hybridized carbons (Fsp3) is 0.333. The predicted molar refractivity (Wildman–Crippen MR) is 86.2 cm³/mol. The smallest absolute Gasteiger partial charge is 0.417 e. The third-order valence-electron chi connectivity index (χ3n) is 3.45. The third kappa shape index (κ3) is 4.95. The molecule has 0 aliphatic heterocycles. The molecule has 1 aromatic heterocycles. The number of benzene rings is 1. The zero-order valence-corrected chi connectivity index (χ0v) is 13.9. The van der Waals surface area contributed by atoms with Gasteiger partial charge in [-0.1, -0.05) is 13.0 Å². The highest BCUT2D eigenvalue weighted by Crippen LogP contribution is 2.38. The Bertz CT molecular complexity index is 727. The first-order chi connectivity index (χ1) is 11.8. The van der Waals surface area contributed by atoms with Gasteiger partial charge in [-0.25, -0.2) is 0 Å². The lowest BCUT2D eigenvalue weighted by Crippen LogP contribution is -2.09. The second-order valence-electron chi connectivity index (χ2n) is 5.36. The quantitative estimate of drug-likeness (QED) is 0.728. The average molecular weight is 353 g/mol. The molecule has 0 fully saturated rings. The molecule has 1 heterocycles. The number of hydrogen-bond donors (Lipinski definition) is 0. The van der Waals surface area contributed by atoms with Crippen molar-refractivity contribution in [3.05, 3.63) is 47.7 Å². The summed E-state index contributed by atoms with van der Waals surface area (Å²) in [5.74, 6) is -0.275. The Morgan fingerprint density at radius 1 is 1.20 bits per heavy atom. The van der Waals surface area contributed by atoms with Crippen LogP contribution in [0.4, 0.5) is 13.2 Å². The Balaban J connectivity index is 2.35. The van der Waals surface area contributed by atoms with Crippen molar-refractivity contribution in [1.82, 2.24) is 4.98 Å². The van der Waals surface area contributed by atoms with Gasteiger partial charge in [0.2, 0.25) is 0 Å². The van der Waals surface area contributed by atoms with E-state index in [0.29, 0.717) is 18.6 Å². The molecule has 0 N–H and O–H groups in total. The summed E-state index contributed by atoms with van der Waals surface area (Å²) < 4.78 is 50.0. The topological polar surface area (TPSA) is 48.4 Å². The van der Waals surface area contributed by atoms with Crippen LogP contribution in [-0.4, -0.2) is 24.7 Å². The number of halogens is 3. The van der Waals surface area contributed by atoms with E-state index >= 15 is 0 Å². The molecule has 0 saturated carbocycles. The Hall–Kier alpha value is -2.57. The van der Waals surface area contributed by atoms with Gasteiger partial charge in [0.05, 0.1) is 31.4 Å². The van der Waals surface area contributed by atoms with Crippen LogP contribution in [0, 0.1) is 0 Å².